The van der Waals surface area contributed by atoms with Gasteiger partial charge in [-0.05, 0) is 42.7 Å². The molecule has 0 radical (unpaired) electrons. The number of aryl methyl sites for hydroxylation is 2. The minimum atomic E-state index is 0.505. The van der Waals surface area contributed by atoms with E-state index in [1.807, 2.05) is 12.1 Å². The molecule has 4 nitrogen and oxygen atoms in total. The van der Waals surface area contributed by atoms with Gasteiger partial charge < -0.3 is 4.42 Å². The van der Waals surface area contributed by atoms with Crippen LogP contribution in [0.5, 0.6) is 0 Å². The van der Waals surface area contributed by atoms with Crippen LogP contribution in [0.25, 0.3) is 11.5 Å². The van der Waals surface area contributed by atoms with E-state index in [0.29, 0.717) is 11.1 Å². The van der Waals surface area contributed by atoms with Crippen molar-refractivity contribution in [3.63, 3.8) is 0 Å². The summed E-state index contributed by atoms with van der Waals surface area (Å²) in [4.78, 5) is 4.05. The molecule has 0 N–H and O–H groups in total. The van der Waals surface area contributed by atoms with E-state index in [4.69, 9.17) is 4.42 Å². The molecule has 0 atom stereocenters. The summed E-state index contributed by atoms with van der Waals surface area (Å²) in [7, 11) is 0. The summed E-state index contributed by atoms with van der Waals surface area (Å²) >= 11 is 1.54. The number of pyridine rings is 1. The topological polar surface area (TPSA) is 51.8 Å². The lowest BCUT2D eigenvalue weighted by Crippen LogP contribution is -1.85. The largest absolute Gasteiger partial charge is 0.411 e. The van der Waals surface area contributed by atoms with Crippen molar-refractivity contribution in [2.45, 2.75) is 24.8 Å². The van der Waals surface area contributed by atoms with Crippen molar-refractivity contribution in [3.05, 3.63) is 59.4 Å². The Labute approximate surface area is 127 Å². The molecule has 21 heavy (non-hydrogen) atoms. The summed E-state index contributed by atoms with van der Waals surface area (Å²) in [5, 5.41) is 8.70. The Bertz CT molecular complexity index is 740. The zero-order valence-corrected chi connectivity index (χ0v) is 12.7. The van der Waals surface area contributed by atoms with E-state index in [-0.39, 0.29) is 0 Å². The molecule has 0 fully saturated rings. The first-order valence-electron chi connectivity index (χ1n) is 6.65. The van der Waals surface area contributed by atoms with Crippen molar-refractivity contribution in [2.75, 3.05) is 0 Å². The van der Waals surface area contributed by atoms with Crippen LogP contribution in [0.1, 0.15) is 16.7 Å². The normalized spacial score (nSPS) is 10.8. The van der Waals surface area contributed by atoms with Crippen LogP contribution in [-0.4, -0.2) is 15.2 Å². The molecule has 106 valence electrons. The van der Waals surface area contributed by atoms with Crippen LogP contribution in [0, 0.1) is 13.8 Å². The number of rotatable bonds is 4. The van der Waals surface area contributed by atoms with Gasteiger partial charge in [0, 0.05) is 18.1 Å². The summed E-state index contributed by atoms with van der Waals surface area (Å²) in [6.45, 7) is 4.24. The number of thioether (sulfide) groups is 1. The summed E-state index contributed by atoms with van der Waals surface area (Å²) in [6.07, 6.45) is 3.43. The maximum atomic E-state index is 5.65. The Morgan fingerprint density at radius 1 is 1.10 bits per heavy atom. The first-order chi connectivity index (χ1) is 10.2. The highest BCUT2D eigenvalue weighted by Crippen LogP contribution is 2.25. The predicted molar refractivity (Wildman–Crippen MR) is 83.0 cm³/mol. The second-order valence-corrected chi connectivity index (χ2v) is 5.75. The van der Waals surface area contributed by atoms with Crippen molar-refractivity contribution in [2.24, 2.45) is 0 Å². The molecule has 0 aliphatic carbocycles. The van der Waals surface area contributed by atoms with E-state index >= 15 is 0 Å². The lowest BCUT2D eigenvalue weighted by Gasteiger charge is -2.03. The molecule has 2 aromatic heterocycles. The van der Waals surface area contributed by atoms with Crippen LogP contribution < -0.4 is 0 Å². The second kappa shape index (κ2) is 6.10. The molecule has 0 bridgehead atoms. The van der Waals surface area contributed by atoms with Crippen LogP contribution in [0.3, 0.4) is 0 Å². The van der Waals surface area contributed by atoms with E-state index in [0.717, 1.165) is 11.3 Å². The zero-order valence-electron chi connectivity index (χ0n) is 11.9. The fourth-order valence-electron chi connectivity index (χ4n) is 1.91. The van der Waals surface area contributed by atoms with Gasteiger partial charge in [0.1, 0.15) is 0 Å². The monoisotopic (exact) mass is 297 g/mol. The van der Waals surface area contributed by atoms with Crippen molar-refractivity contribution in [1.82, 2.24) is 15.2 Å². The first kappa shape index (κ1) is 13.8. The molecular formula is C16H15N3OS. The zero-order chi connectivity index (χ0) is 14.7. The van der Waals surface area contributed by atoms with Gasteiger partial charge in [0.05, 0.1) is 5.56 Å². The van der Waals surface area contributed by atoms with Gasteiger partial charge in [0.2, 0.25) is 5.89 Å². The molecule has 5 heteroatoms. The van der Waals surface area contributed by atoms with Crippen molar-refractivity contribution in [3.8, 4) is 11.5 Å². The molecular weight excluding hydrogens is 282 g/mol. The Morgan fingerprint density at radius 3 is 2.76 bits per heavy atom. The Balaban J connectivity index is 1.69. The Hall–Kier alpha value is -2.14. The highest BCUT2D eigenvalue weighted by Gasteiger charge is 2.09. The van der Waals surface area contributed by atoms with Crippen molar-refractivity contribution in [1.29, 1.82) is 0 Å². The van der Waals surface area contributed by atoms with E-state index in [9.17, 15) is 0 Å². The maximum absolute atomic E-state index is 5.65. The molecule has 0 unspecified atom stereocenters. The molecule has 3 aromatic rings. The van der Waals surface area contributed by atoms with Gasteiger partial charge in [-0.3, -0.25) is 4.98 Å². The highest BCUT2D eigenvalue weighted by molar-refractivity contribution is 7.98. The molecule has 2 heterocycles. The predicted octanol–water partition coefficient (Wildman–Crippen LogP) is 4.04. The third-order valence-electron chi connectivity index (χ3n) is 3.25. The van der Waals surface area contributed by atoms with Crippen LogP contribution in [0.4, 0.5) is 0 Å². The van der Waals surface area contributed by atoms with E-state index < -0.39 is 0 Å². The Kier molecular flexibility index (Phi) is 4.01. The number of aromatic nitrogens is 3. The molecule has 0 aliphatic rings. The third kappa shape index (κ3) is 3.31. The molecule has 0 amide bonds. The van der Waals surface area contributed by atoms with Gasteiger partial charge in [0.25, 0.3) is 5.22 Å². The third-order valence-corrected chi connectivity index (χ3v) is 4.14. The van der Waals surface area contributed by atoms with Crippen molar-refractivity contribution >= 4 is 11.8 Å². The number of hydrogen-bond acceptors (Lipinski definition) is 5. The minimum Gasteiger partial charge on any atom is -0.411 e. The van der Waals surface area contributed by atoms with Crippen LogP contribution in [0.15, 0.2) is 52.4 Å². The average Bonchev–Trinajstić information content (AvgIpc) is 2.98. The van der Waals surface area contributed by atoms with E-state index in [1.165, 1.54) is 16.7 Å². The van der Waals surface area contributed by atoms with E-state index in [1.54, 1.807) is 24.2 Å². The summed E-state index contributed by atoms with van der Waals surface area (Å²) in [5.41, 5.74) is 4.70. The number of nitrogens with zero attached hydrogens (tertiary/aromatic N) is 3. The van der Waals surface area contributed by atoms with Gasteiger partial charge >= 0.3 is 0 Å². The fraction of sp³-hybridized carbons (Fsp3) is 0.188. The lowest BCUT2D eigenvalue weighted by atomic mass is 10.1. The minimum absolute atomic E-state index is 0.505. The molecule has 0 saturated heterocycles. The number of benzene rings is 1. The summed E-state index contributed by atoms with van der Waals surface area (Å²) in [5.74, 6) is 1.32. The molecule has 0 spiro atoms. The maximum Gasteiger partial charge on any atom is 0.277 e. The molecule has 0 aliphatic heterocycles. The van der Waals surface area contributed by atoms with Gasteiger partial charge in [-0.25, -0.2) is 0 Å². The number of hydrogen-bond donors (Lipinski definition) is 0. The Morgan fingerprint density at radius 2 is 2.00 bits per heavy atom. The van der Waals surface area contributed by atoms with E-state index in [2.05, 4.69) is 47.2 Å². The smallest absolute Gasteiger partial charge is 0.277 e. The SMILES string of the molecule is Cc1ccc(CSc2nnc(-c3cccnc3)o2)cc1C. The fourth-order valence-corrected chi connectivity index (χ4v) is 2.62. The van der Waals surface area contributed by atoms with Crippen LogP contribution in [0.2, 0.25) is 0 Å². The summed E-state index contributed by atoms with van der Waals surface area (Å²) in [6, 6.07) is 10.2. The van der Waals surface area contributed by atoms with Gasteiger partial charge in [-0.1, -0.05) is 30.0 Å². The molecule has 0 saturated carbocycles. The average molecular weight is 297 g/mol. The molecule has 1 aromatic carbocycles. The quantitative estimate of drug-likeness (QED) is 0.680. The van der Waals surface area contributed by atoms with Crippen LogP contribution >= 0.6 is 11.8 Å². The summed E-state index contributed by atoms with van der Waals surface area (Å²) < 4.78 is 5.65. The van der Waals surface area contributed by atoms with Gasteiger partial charge in [0.15, 0.2) is 0 Å². The van der Waals surface area contributed by atoms with Gasteiger partial charge in [-0.2, -0.15) is 0 Å². The second-order valence-electron chi connectivity index (χ2n) is 4.82. The van der Waals surface area contributed by atoms with Gasteiger partial charge in [-0.15, -0.1) is 10.2 Å². The highest BCUT2D eigenvalue weighted by atomic mass is 32.2. The lowest BCUT2D eigenvalue weighted by molar-refractivity contribution is 0.465. The first-order valence-corrected chi connectivity index (χ1v) is 7.64. The molecule has 3 rings (SSSR count). The van der Waals surface area contributed by atoms with Crippen molar-refractivity contribution < 1.29 is 4.42 Å². The standard InChI is InChI=1S/C16H15N3OS/c1-11-5-6-13(8-12(11)2)10-21-16-19-18-15(20-16)14-4-3-7-17-9-14/h3-9H,10H2,1-2H3. The van der Waals surface area contributed by atoms with Crippen LogP contribution in [-0.2, 0) is 5.75 Å².